The molecule has 0 saturated carbocycles. The Balaban J connectivity index is 3.35. The van der Waals surface area contributed by atoms with Crippen molar-refractivity contribution < 1.29 is 22.7 Å². The summed E-state index contributed by atoms with van der Waals surface area (Å²) < 4.78 is 38.5. The van der Waals surface area contributed by atoms with Gasteiger partial charge in [0.25, 0.3) is 0 Å². The molecule has 0 aliphatic carbocycles. The fourth-order valence-corrected chi connectivity index (χ4v) is 1.51. The highest BCUT2D eigenvalue weighted by Crippen LogP contribution is 2.17. The summed E-state index contributed by atoms with van der Waals surface area (Å²) in [5.74, 6) is -1.86. The van der Waals surface area contributed by atoms with Crippen molar-refractivity contribution >= 4 is 17.0 Å². The van der Waals surface area contributed by atoms with Crippen molar-refractivity contribution in [3.8, 4) is 0 Å². The maximum Gasteiger partial charge on any atom is 0.339 e. The van der Waals surface area contributed by atoms with Crippen LogP contribution in [0.25, 0.3) is 0 Å². The van der Waals surface area contributed by atoms with Gasteiger partial charge in [-0.15, -0.1) is 0 Å². The fraction of sp³-hybridized carbons (Fsp3) is 0.125. The number of hydrogen-bond acceptors (Lipinski definition) is 4. The maximum atomic E-state index is 13.0. The van der Waals surface area contributed by atoms with Crippen LogP contribution in [0.3, 0.4) is 0 Å². The van der Waals surface area contributed by atoms with Gasteiger partial charge < -0.3 is 9.29 Å². The first-order valence-corrected chi connectivity index (χ1v) is 4.61. The molecule has 0 saturated heterocycles. The summed E-state index contributed by atoms with van der Waals surface area (Å²) in [4.78, 5) is 10.4. The van der Waals surface area contributed by atoms with Crippen molar-refractivity contribution in [1.82, 2.24) is 0 Å². The van der Waals surface area contributed by atoms with Gasteiger partial charge in [-0.25, -0.2) is 9.18 Å². The van der Waals surface area contributed by atoms with Gasteiger partial charge in [-0.05, 0) is 23.2 Å². The predicted molar refractivity (Wildman–Crippen MR) is 44.9 cm³/mol. The van der Waals surface area contributed by atoms with Crippen LogP contribution in [-0.4, -0.2) is 21.8 Å². The Kier molecular flexibility index (Phi) is 3.32. The van der Waals surface area contributed by atoms with Gasteiger partial charge >= 0.3 is 5.97 Å². The minimum atomic E-state index is -2.80. The largest absolute Gasteiger partial charge is 0.768 e. The molecule has 0 fully saturated rings. The molecule has 1 rings (SSSR count). The van der Waals surface area contributed by atoms with Crippen LogP contribution in [0.2, 0.25) is 0 Å². The molecule has 0 aromatic heterocycles. The van der Waals surface area contributed by atoms with Crippen LogP contribution in [0, 0.1) is 5.82 Å². The van der Waals surface area contributed by atoms with E-state index in [2.05, 4.69) is 4.74 Å². The number of carbonyl (C=O) groups is 1. The number of carbonyl (C=O) groups excluding carboxylic acids is 1. The highest BCUT2D eigenvalue weighted by molar-refractivity contribution is 7.79. The molecule has 0 bridgehead atoms. The molecular weight excluding hydrogens is 211 g/mol. The first-order valence-electron chi connectivity index (χ1n) is 3.54. The summed E-state index contributed by atoms with van der Waals surface area (Å²) in [7, 11) is 1.09. The quantitative estimate of drug-likeness (QED) is 0.544. The Hall–Kier alpha value is -1.27. The zero-order chi connectivity index (χ0) is 10.7. The van der Waals surface area contributed by atoms with Crippen molar-refractivity contribution in [2.24, 2.45) is 0 Å². The molecule has 6 heteroatoms. The van der Waals surface area contributed by atoms with Gasteiger partial charge in [0.1, 0.15) is 5.82 Å². The lowest BCUT2D eigenvalue weighted by Crippen LogP contribution is -2.08. The normalized spacial score (nSPS) is 12.2. The second-order valence-electron chi connectivity index (χ2n) is 2.34. The van der Waals surface area contributed by atoms with Gasteiger partial charge in [0, 0.05) is 0 Å². The summed E-state index contributed by atoms with van der Waals surface area (Å²) in [6, 6.07) is 3.37. The topological polar surface area (TPSA) is 66.4 Å². The van der Waals surface area contributed by atoms with E-state index in [1.807, 2.05) is 0 Å². The Morgan fingerprint density at radius 1 is 1.57 bits per heavy atom. The van der Waals surface area contributed by atoms with Crippen molar-refractivity contribution in [3.63, 3.8) is 0 Å². The van der Waals surface area contributed by atoms with Gasteiger partial charge in [-0.2, -0.15) is 0 Å². The van der Waals surface area contributed by atoms with Crippen molar-refractivity contribution in [1.29, 1.82) is 0 Å². The molecule has 0 spiro atoms. The van der Waals surface area contributed by atoms with Gasteiger partial charge in [0.2, 0.25) is 0 Å². The van der Waals surface area contributed by atoms with Crippen LogP contribution in [0.4, 0.5) is 4.39 Å². The zero-order valence-electron chi connectivity index (χ0n) is 7.15. The maximum absolute atomic E-state index is 13.0. The minimum Gasteiger partial charge on any atom is -0.768 e. The lowest BCUT2D eigenvalue weighted by atomic mass is 10.2. The molecule has 0 amide bonds. The molecule has 14 heavy (non-hydrogen) atoms. The van der Waals surface area contributed by atoms with Crippen LogP contribution in [-0.2, 0) is 15.8 Å². The summed E-state index contributed by atoms with van der Waals surface area (Å²) in [6.45, 7) is 0. The molecule has 0 aliphatic rings. The van der Waals surface area contributed by atoms with Crippen molar-refractivity contribution in [2.45, 2.75) is 4.90 Å². The molecule has 1 atom stereocenters. The number of ether oxygens (including phenoxy) is 1. The molecule has 76 valence electrons. The minimum absolute atomic E-state index is 0.305. The number of esters is 1. The number of rotatable bonds is 2. The van der Waals surface area contributed by atoms with Crippen molar-refractivity contribution in [3.05, 3.63) is 29.6 Å². The average molecular weight is 217 g/mol. The lowest BCUT2D eigenvalue weighted by Gasteiger charge is -2.10. The van der Waals surface area contributed by atoms with Crippen LogP contribution in [0.1, 0.15) is 10.4 Å². The van der Waals surface area contributed by atoms with Crippen LogP contribution in [0.15, 0.2) is 23.1 Å². The summed E-state index contributed by atoms with van der Waals surface area (Å²) in [5.41, 5.74) is -0.305. The Bertz CT molecular complexity index is 391. The number of halogens is 1. The molecule has 1 aromatic rings. The number of hydrogen-bond donors (Lipinski definition) is 0. The second-order valence-corrected chi connectivity index (χ2v) is 3.22. The van der Waals surface area contributed by atoms with E-state index < -0.39 is 27.8 Å². The third-order valence-corrected chi connectivity index (χ3v) is 2.29. The second kappa shape index (κ2) is 4.30. The molecule has 0 N–H and O–H groups in total. The summed E-state index contributed by atoms with van der Waals surface area (Å²) in [6.07, 6.45) is 0. The molecule has 0 heterocycles. The van der Waals surface area contributed by atoms with E-state index >= 15 is 0 Å². The van der Waals surface area contributed by atoms with Crippen molar-refractivity contribution in [2.75, 3.05) is 7.11 Å². The van der Waals surface area contributed by atoms with E-state index in [0.717, 1.165) is 13.2 Å². The number of methoxy groups -OCH3 is 1. The van der Waals surface area contributed by atoms with Gasteiger partial charge in [-0.1, -0.05) is 6.07 Å². The third-order valence-electron chi connectivity index (χ3n) is 1.54. The van der Waals surface area contributed by atoms with Crippen LogP contribution < -0.4 is 0 Å². The Morgan fingerprint density at radius 2 is 2.21 bits per heavy atom. The molecule has 0 aliphatic heterocycles. The van der Waals surface area contributed by atoms with E-state index in [1.165, 1.54) is 12.1 Å². The van der Waals surface area contributed by atoms with E-state index in [4.69, 9.17) is 0 Å². The highest BCUT2D eigenvalue weighted by atomic mass is 32.2. The van der Waals surface area contributed by atoms with Crippen LogP contribution >= 0.6 is 0 Å². The monoisotopic (exact) mass is 217 g/mol. The lowest BCUT2D eigenvalue weighted by molar-refractivity contribution is 0.0595. The van der Waals surface area contributed by atoms with E-state index in [1.54, 1.807) is 0 Å². The molecule has 4 nitrogen and oxygen atoms in total. The SMILES string of the molecule is COC(=O)c1cccc(F)c1S(=O)[O-]. The third kappa shape index (κ3) is 1.97. The molecule has 0 radical (unpaired) electrons. The standard InChI is InChI=1S/C8H7FO4S/c1-13-8(10)5-3-2-4-6(9)7(5)14(11)12/h2-4H,1H3,(H,11,12)/p-1. The molecule has 1 aromatic carbocycles. The molecule has 1 unspecified atom stereocenters. The summed E-state index contributed by atoms with van der Waals surface area (Å²) >= 11 is -2.80. The highest BCUT2D eigenvalue weighted by Gasteiger charge is 2.15. The number of benzene rings is 1. The smallest absolute Gasteiger partial charge is 0.339 e. The average Bonchev–Trinajstić information content (AvgIpc) is 2.15. The van der Waals surface area contributed by atoms with Gasteiger partial charge in [-0.3, -0.25) is 4.21 Å². The van der Waals surface area contributed by atoms with E-state index in [-0.39, 0.29) is 5.56 Å². The van der Waals surface area contributed by atoms with E-state index in [0.29, 0.717) is 0 Å². The predicted octanol–water partition coefficient (Wildman–Crippen LogP) is 0.850. The Labute approximate surface area is 82.0 Å². The summed E-state index contributed by atoms with van der Waals surface area (Å²) in [5, 5.41) is 0. The molecular formula is C8H6FO4S-. The van der Waals surface area contributed by atoms with Gasteiger partial charge in [0.15, 0.2) is 0 Å². The first-order chi connectivity index (χ1) is 6.57. The first kappa shape index (κ1) is 10.8. The zero-order valence-corrected chi connectivity index (χ0v) is 7.97. The van der Waals surface area contributed by atoms with Gasteiger partial charge in [0.05, 0.1) is 17.6 Å². The van der Waals surface area contributed by atoms with E-state index in [9.17, 15) is 17.9 Å². The Morgan fingerprint density at radius 3 is 2.71 bits per heavy atom. The van der Waals surface area contributed by atoms with Crippen LogP contribution in [0.5, 0.6) is 0 Å². The fourth-order valence-electron chi connectivity index (χ4n) is 0.949.